The molecular formula is C13H15N3O2. The molecule has 1 unspecified atom stereocenters. The molecule has 0 fully saturated rings. The molecular weight excluding hydrogens is 230 g/mol. The number of nitrogens with zero attached hydrogens (tertiary/aromatic N) is 2. The lowest BCUT2D eigenvalue weighted by atomic mass is 10.2. The highest BCUT2D eigenvalue weighted by Crippen LogP contribution is 2.20. The van der Waals surface area contributed by atoms with Crippen LogP contribution in [0.5, 0.6) is 0 Å². The Kier molecular flexibility index (Phi) is 3.62. The number of nitrogens with one attached hydrogen (secondary N) is 1. The van der Waals surface area contributed by atoms with Crippen LogP contribution in [0.15, 0.2) is 42.7 Å². The molecule has 2 N–H and O–H groups in total. The van der Waals surface area contributed by atoms with E-state index in [4.69, 9.17) is 5.11 Å². The van der Waals surface area contributed by atoms with Crippen molar-refractivity contribution in [2.45, 2.75) is 19.4 Å². The Labute approximate surface area is 105 Å². The highest BCUT2D eigenvalue weighted by atomic mass is 16.4. The van der Waals surface area contributed by atoms with Crippen LogP contribution >= 0.6 is 0 Å². The molecule has 5 heteroatoms. The smallest absolute Gasteiger partial charge is 0.326 e. The van der Waals surface area contributed by atoms with Gasteiger partial charge in [-0.1, -0.05) is 19.1 Å². The topological polar surface area (TPSA) is 67.2 Å². The molecule has 18 heavy (non-hydrogen) atoms. The zero-order chi connectivity index (χ0) is 13.0. The largest absolute Gasteiger partial charge is 0.480 e. The number of para-hydroxylation sites is 2. The second-order valence-electron chi connectivity index (χ2n) is 3.91. The van der Waals surface area contributed by atoms with Crippen LogP contribution in [-0.4, -0.2) is 26.9 Å². The van der Waals surface area contributed by atoms with E-state index in [1.54, 1.807) is 10.9 Å². The number of aromatic nitrogens is 2. The Balaban J connectivity index is 2.31. The molecule has 0 aliphatic rings. The van der Waals surface area contributed by atoms with Gasteiger partial charge in [-0.3, -0.25) is 0 Å². The Morgan fingerprint density at radius 3 is 2.83 bits per heavy atom. The van der Waals surface area contributed by atoms with Crippen molar-refractivity contribution in [2.24, 2.45) is 0 Å². The first-order chi connectivity index (χ1) is 8.72. The van der Waals surface area contributed by atoms with Gasteiger partial charge in [-0.15, -0.1) is 0 Å². The van der Waals surface area contributed by atoms with E-state index < -0.39 is 12.0 Å². The molecule has 0 saturated carbocycles. The fourth-order valence-corrected chi connectivity index (χ4v) is 1.73. The maximum absolute atomic E-state index is 11.0. The number of hydrogen-bond acceptors (Lipinski definition) is 3. The molecule has 5 nitrogen and oxygen atoms in total. The van der Waals surface area contributed by atoms with Gasteiger partial charge in [0.05, 0.1) is 11.4 Å². The minimum atomic E-state index is -0.854. The summed E-state index contributed by atoms with van der Waals surface area (Å²) in [5.41, 5.74) is 1.60. The van der Waals surface area contributed by atoms with Crippen molar-refractivity contribution >= 4 is 11.7 Å². The van der Waals surface area contributed by atoms with E-state index in [0.29, 0.717) is 6.42 Å². The minimum Gasteiger partial charge on any atom is -0.480 e. The predicted molar refractivity (Wildman–Crippen MR) is 68.9 cm³/mol. The van der Waals surface area contributed by atoms with E-state index in [9.17, 15) is 4.79 Å². The fourth-order valence-electron chi connectivity index (χ4n) is 1.73. The summed E-state index contributed by atoms with van der Waals surface area (Å²) >= 11 is 0. The zero-order valence-corrected chi connectivity index (χ0v) is 10.1. The molecule has 1 aromatic heterocycles. The van der Waals surface area contributed by atoms with Crippen molar-refractivity contribution in [3.05, 3.63) is 42.7 Å². The van der Waals surface area contributed by atoms with Crippen LogP contribution in [0.25, 0.3) is 5.69 Å². The molecule has 1 aromatic carbocycles. The summed E-state index contributed by atoms with van der Waals surface area (Å²) in [4.78, 5) is 11.0. The third-order valence-electron chi connectivity index (χ3n) is 2.69. The number of aliphatic carboxylic acids is 1. The average molecular weight is 245 g/mol. The average Bonchev–Trinajstić information content (AvgIpc) is 2.89. The van der Waals surface area contributed by atoms with Crippen LogP contribution in [0.4, 0.5) is 5.69 Å². The highest BCUT2D eigenvalue weighted by molar-refractivity contribution is 5.78. The van der Waals surface area contributed by atoms with Gasteiger partial charge in [-0.05, 0) is 24.6 Å². The number of carboxylic acid groups (broad SMARTS) is 1. The van der Waals surface area contributed by atoms with Gasteiger partial charge in [0.2, 0.25) is 0 Å². The van der Waals surface area contributed by atoms with Crippen LogP contribution < -0.4 is 5.32 Å². The first-order valence-corrected chi connectivity index (χ1v) is 5.80. The van der Waals surface area contributed by atoms with E-state index in [1.165, 1.54) is 0 Å². The Morgan fingerprint density at radius 2 is 2.22 bits per heavy atom. The number of benzene rings is 1. The summed E-state index contributed by atoms with van der Waals surface area (Å²) in [6.45, 7) is 1.84. The normalized spacial score (nSPS) is 12.1. The van der Waals surface area contributed by atoms with E-state index in [1.807, 2.05) is 43.5 Å². The lowest BCUT2D eigenvalue weighted by Gasteiger charge is -2.16. The Bertz CT molecular complexity index is 523. The summed E-state index contributed by atoms with van der Waals surface area (Å²) in [5.74, 6) is -0.854. The molecule has 0 saturated heterocycles. The van der Waals surface area contributed by atoms with Crippen molar-refractivity contribution in [3.8, 4) is 5.69 Å². The standard InChI is InChI=1S/C13H15N3O2/c1-2-10(13(17)18)15-11-6-3-4-7-12(11)16-9-5-8-14-16/h3-10,15H,2H2,1H3,(H,17,18). The van der Waals surface area contributed by atoms with Crippen LogP contribution in [0.1, 0.15) is 13.3 Å². The van der Waals surface area contributed by atoms with Gasteiger partial charge in [0.1, 0.15) is 6.04 Å². The van der Waals surface area contributed by atoms with Gasteiger partial charge in [-0.25, -0.2) is 9.48 Å². The summed E-state index contributed by atoms with van der Waals surface area (Å²) in [5, 5.41) is 16.3. The molecule has 0 spiro atoms. The SMILES string of the molecule is CCC(Nc1ccccc1-n1cccn1)C(=O)O. The Morgan fingerprint density at radius 1 is 1.44 bits per heavy atom. The summed E-state index contributed by atoms with van der Waals surface area (Å²) in [6.07, 6.45) is 4.02. The van der Waals surface area contributed by atoms with E-state index in [-0.39, 0.29) is 0 Å². The molecule has 2 rings (SSSR count). The molecule has 0 aliphatic carbocycles. The second kappa shape index (κ2) is 5.35. The molecule has 0 bridgehead atoms. The van der Waals surface area contributed by atoms with E-state index >= 15 is 0 Å². The summed E-state index contributed by atoms with van der Waals surface area (Å²) < 4.78 is 1.71. The summed E-state index contributed by atoms with van der Waals surface area (Å²) in [7, 11) is 0. The lowest BCUT2D eigenvalue weighted by Crippen LogP contribution is -2.28. The zero-order valence-electron chi connectivity index (χ0n) is 10.1. The molecule has 2 aromatic rings. The molecule has 1 atom stereocenters. The van der Waals surface area contributed by atoms with Crippen LogP contribution in [0.3, 0.4) is 0 Å². The van der Waals surface area contributed by atoms with Gasteiger partial charge in [-0.2, -0.15) is 5.10 Å². The maximum Gasteiger partial charge on any atom is 0.326 e. The van der Waals surface area contributed by atoms with Crippen molar-refractivity contribution in [1.29, 1.82) is 0 Å². The number of hydrogen-bond donors (Lipinski definition) is 2. The summed E-state index contributed by atoms with van der Waals surface area (Å²) in [6, 6.07) is 8.73. The molecule has 0 radical (unpaired) electrons. The third-order valence-corrected chi connectivity index (χ3v) is 2.69. The van der Waals surface area contributed by atoms with Crippen LogP contribution in [0, 0.1) is 0 Å². The van der Waals surface area contributed by atoms with Gasteiger partial charge in [0, 0.05) is 12.4 Å². The maximum atomic E-state index is 11.0. The number of rotatable bonds is 5. The van der Waals surface area contributed by atoms with Crippen LogP contribution in [-0.2, 0) is 4.79 Å². The van der Waals surface area contributed by atoms with Gasteiger partial charge in [0.15, 0.2) is 0 Å². The van der Waals surface area contributed by atoms with Gasteiger partial charge >= 0.3 is 5.97 Å². The second-order valence-corrected chi connectivity index (χ2v) is 3.91. The van der Waals surface area contributed by atoms with Gasteiger partial charge in [0.25, 0.3) is 0 Å². The molecule has 0 amide bonds. The Hall–Kier alpha value is -2.30. The highest BCUT2D eigenvalue weighted by Gasteiger charge is 2.16. The van der Waals surface area contributed by atoms with Crippen molar-refractivity contribution in [2.75, 3.05) is 5.32 Å². The number of carbonyl (C=O) groups is 1. The number of anilines is 1. The van der Waals surface area contributed by atoms with Gasteiger partial charge < -0.3 is 10.4 Å². The number of carboxylic acids is 1. The first kappa shape index (κ1) is 12.2. The monoisotopic (exact) mass is 245 g/mol. The van der Waals surface area contributed by atoms with Crippen molar-refractivity contribution < 1.29 is 9.90 Å². The fraction of sp³-hybridized carbons (Fsp3) is 0.231. The minimum absolute atomic E-state index is 0.517. The quantitative estimate of drug-likeness (QED) is 0.847. The van der Waals surface area contributed by atoms with Crippen molar-refractivity contribution in [1.82, 2.24) is 9.78 Å². The lowest BCUT2D eigenvalue weighted by molar-refractivity contribution is -0.137. The first-order valence-electron chi connectivity index (χ1n) is 5.80. The van der Waals surface area contributed by atoms with E-state index in [0.717, 1.165) is 11.4 Å². The van der Waals surface area contributed by atoms with E-state index in [2.05, 4.69) is 10.4 Å². The van der Waals surface area contributed by atoms with Crippen molar-refractivity contribution in [3.63, 3.8) is 0 Å². The third kappa shape index (κ3) is 2.51. The molecule has 0 aliphatic heterocycles. The predicted octanol–water partition coefficient (Wildman–Crippen LogP) is 2.15. The molecule has 94 valence electrons. The van der Waals surface area contributed by atoms with Crippen LogP contribution in [0.2, 0.25) is 0 Å². The molecule has 1 heterocycles.